The summed E-state index contributed by atoms with van der Waals surface area (Å²) in [6.45, 7) is 1.79. The molecule has 0 saturated heterocycles. The van der Waals surface area contributed by atoms with Crippen molar-refractivity contribution in [3.63, 3.8) is 0 Å². The van der Waals surface area contributed by atoms with Crippen molar-refractivity contribution >= 4 is 0 Å². The lowest BCUT2D eigenvalue weighted by Crippen LogP contribution is -2.03. The van der Waals surface area contributed by atoms with Gasteiger partial charge in [-0.3, -0.25) is 0 Å². The molecule has 0 N–H and O–H groups in total. The summed E-state index contributed by atoms with van der Waals surface area (Å²) in [4.78, 5) is 7.98. The van der Waals surface area contributed by atoms with Gasteiger partial charge in [0.1, 0.15) is 0 Å². The summed E-state index contributed by atoms with van der Waals surface area (Å²) in [5.41, 5.74) is 0. The van der Waals surface area contributed by atoms with Crippen molar-refractivity contribution in [1.29, 1.82) is 0 Å². The van der Waals surface area contributed by atoms with E-state index < -0.39 is 0 Å². The Morgan fingerprint density at radius 1 is 1.25 bits per heavy atom. The second-order valence-corrected chi connectivity index (χ2v) is 2.19. The van der Waals surface area contributed by atoms with Crippen molar-refractivity contribution in [2.24, 2.45) is 0 Å². The van der Waals surface area contributed by atoms with Gasteiger partial charge in [0, 0.05) is 12.4 Å². The number of tetrazole rings is 1. The average Bonchev–Trinajstić information content (AvgIpc) is 2.53. The third-order valence-corrected chi connectivity index (χ3v) is 1.37. The van der Waals surface area contributed by atoms with Crippen LogP contribution < -0.4 is 0 Å². The van der Waals surface area contributed by atoms with Crippen molar-refractivity contribution in [2.45, 2.75) is 6.92 Å². The second-order valence-electron chi connectivity index (χ2n) is 2.19. The van der Waals surface area contributed by atoms with E-state index in [0.29, 0.717) is 11.8 Å². The first-order chi connectivity index (χ1) is 5.88. The molecule has 12 heavy (non-hydrogen) atoms. The summed E-state index contributed by atoms with van der Waals surface area (Å²) in [6, 6.07) is 1.74. The first-order valence-electron chi connectivity index (χ1n) is 3.40. The van der Waals surface area contributed by atoms with E-state index in [9.17, 15) is 0 Å². The summed E-state index contributed by atoms with van der Waals surface area (Å²) in [6.07, 6.45) is 3.28. The average molecular weight is 162 g/mol. The predicted molar refractivity (Wildman–Crippen MR) is 39.5 cm³/mol. The molecular formula is C6H6N6. The van der Waals surface area contributed by atoms with E-state index in [1.807, 2.05) is 0 Å². The van der Waals surface area contributed by atoms with Gasteiger partial charge in [-0.25, -0.2) is 9.97 Å². The molecule has 0 aliphatic heterocycles. The van der Waals surface area contributed by atoms with Crippen LogP contribution in [-0.4, -0.2) is 30.2 Å². The fraction of sp³-hybridized carbons (Fsp3) is 0.167. The van der Waals surface area contributed by atoms with Gasteiger partial charge in [0.05, 0.1) is 0 Å². The van der Waals surface area contributed by atoms with E-state index in [4.69, 9.17) is 0 Å². The largest absolute Gasteiger partial charge is 0.253 e. The molecule has 0 atom stereocenters. The number of hydrogen-bond donors (Lipinski definition) is 0. The van der Waals surface area contributed by atoms with Gasteiger partial charge in [0.15, 0.2) is 5.82 Å². The third kappa shape index (κ3) is 1.03. The van der Waals surface area contributed by atoms with Crippen LogP contribution in [0.2, 0.25) is 0 Å². The van der Waals surface area contributed by atoms with Crippen LogP contribution in [0.4, 0.5) is 0 Å². The smallest absolute Gasteiger partial charge is 0.220 e. The lowest BCUT2D eigenvalue weighted by molar-refractivity contribution is 0.736. The Kier molecular flexibility index (Phi) is 1.51. The number of nitrogens with zero attached hydrogens (tertiary/aromatic N) is 6. The van der Waals surface area contributed by atoms with E-state index in [1.165, 1.54) is 4.68 Å². The fourth-order valence-corrected chi connectivity index (χ4v) is 0.817. The number of aryl methyl sites for hydroxylation is 1. The SMILES string of the molecule is Cc1nnnn1-c1ncccn1. The molecule has 2 heterocycles. The van der Waals surface area contributed by atoms with Gasteiger partial charge in [0.2, 0.25) is 0 Å². The standard InChI is InChI=1S/C6H6N6/c1-5-9-10-11-12(5)6-7-3-2-4-8-6/h2-4H,1H3. The summed E-state index contributed by atoms with van der Waals surface area (Å²) >= 11 is 0. The van der Waals surface area contributed by atoms with Gasteiger partial charge in [-0.1, -0.05) is 0 Å². The van der Waals surface area contributed by atoms with Crippen LogP contribution in [0.25, 0.3) is 5.95 Å². The lowest BCUT2D eigenvalue weighted by Gasteiger charge is -1.95. The van der Waals surface area contributed by atoms with Gasteiger partial charge in [-0.15, -0.1) is 5.10 Å². The van der Waals surface area contributed by atoms with E-state index in [1.54, 1.807) is 25.4 Å². The topological polar surface area (TPSA) is 69.4 Å². The van der Waals surface area contributed by atoms with Crippen LogP contribution in [0.3, 0.4) is 0 Å². The Morgan fingerprint density at radius 3 is 2.58 bits per heavy atom. The molecule has 0 saturated carbocycles. The molecular weight excluding hydrogens is 156 g/mol. The number of aromatic nitrogens is 6. The Bertz CT molecular complexity index is 367. The zero-order valence-corrected chi connectivity index (χ0v) is 6.42. The first-order valence-corrected chi connectivity index (χ1v) is 3.40. The normalized spacial score (nSPS) is 10.1. The third-order valence-electron chi connectivity index (χ3n) is 1.37. The van der Waals surface area contributed by atoms with Gasteiger partial charge >= 0.3 is 0 Å². The molecule has 6 nitrogen and oxygen atoms in total. The fourth-order valence-electron chi connectivity index (χ4n) is 0.817. The maximum Gasteiger partial charge on any atom is 0.253 e. The van der Waals surface area contributed by atoms with E-state index >= 15 is 0 Å². The molecule has 0 spiro atoms. The molecule has 0 aromatic carbocycles. The monoisotopic (exact) mass is 162 g/mol. The van der Waals surface area contributed by atoms with Gasteiger partial charge < -0.3 is 0 Å². The quantitative estimate of drug-likeness (QED) is 0.578. The highest BCUT2D eigenvalue weighted by Gasteiger charge is 2.03. The molecule has 0 fully saturated rings. The van der Waals surface area contributed by atoms with Crippen molar-refractivity contribution < 1.29 is 0 Å². The molecule has 2 aromatic rings. The van der Waals surface area contributed by atoms with E-state index in [-0.39, 0.29) is 0 Å². The maximum atomic E-state index is 3.99. The minimum Gasteiger partial charge on any atom is -0.220 e. The molecule has 0 bridgehead atoms. The number of hydrogen-bond acceptors (Lipinski definition) is 5. The zero-order valence-electron chi connectivity index (χ0n) is 6.42. The Morgan fingerprint density at radius 2 is 2.00 bits per heavy atom. The predicted octanol–water partition coefficient (Wildman–Crippen LogP) is -0.239. The molecule has 0 amide bonds. The zero-order chi connectivity index (χ0) is 8.39. The summed E-state index contributed by atoms with van der Waals surface area (Å²) in [7, 11) is 0. The van der Waals surface area contributed by atoms with E-state index in [0.717, 1.165) is 0 Å². The van der Waals surface area contributed by atoms with Crippen molar-refractivity contribution in [1.82, 2.24) is 30.2 Å². The lowest BCUT2D eigenvalue weighted by atomic mass is 10.6. The Balaban J connectivity index is 2.51. The molecule has 2 rings (SSSR count). The van der Waals surface area contributed by atoms with Crippen LogP contribution in [0.1, 0.15) is 5.82 Å². The van der Waals surface area contributed by atoms with Crippen molar-refractivity contribution in [3.05, 3.63) is 24.3 Å². The van der Waals surface area contributed by atoms with Gasteiger partial charge in [-0.05, 0) is 23.4 Å². The van der Waals surface area contributed by atoms with Crippen molar-refractivity contribution in [2.75, 3.05) is 0 Å². The highest BCUT2D eigenvalue weighted by atomic mass is 15.6. The van der Waals surface area contributed by atoms with Crippen LogP contribution in [0, 0.1) is 6.92 Å². The number of rotatable bonds is 1. The minimum absolute atomic E-state index is 0.486. The van der Waals surface area contributed by atoms with Gasteiger partial charge in [0.25, 0.3) is 5.95 Å². The van der Waals surface area contributed by atoms with Crippen molar-refractivity contribution in [3.8, 4) is 5.95 Å². The highest BCUT2D eigenvalue weighted by molar-refractivity contribution is 5.07. The first kappa shape index (κ1) is 6.84. The molecule has 0 radical (unpaired) electrons. The summed E-state index contributed by atoms with van der Waals surface area (Å²) in [5, 5.41) is 10.9. The molecule has 0 aliphatic rings. The van der Waals surface area contributed by atoms with E-state index in [2.05, 4.69) is 25.5 Å². The summed E-state index contributed by atoms with van der Waals surface area (Å²) < 4.78 is 1.47. The highest BCUT2D eigenvalue weighted by Crippen LogP contribution is 1.96. The molecule has 60 valence electrons. The molecule has 0 aliphatic carbocycles. The molecule has 0 unspecified atom stereocenters. The molecule has 6 heteroatoms. The summed E-state index contributed by atoms with van der Waals surface area (Å²) in [5.74, 6) is 1.15. The minimum atomic E-state index is 0.486. The Hall–Kier alpha value is -1.85. The van der Waals surface area contributed by atoms with Crippen LogP contribution >= 0.6 is 0 Å². The van der Waals surface area contributed by atoms with Gasteiger partial charge in [-0.2, -0.15) is 4.68 Å². The van der Waals surface area contributed by atoms with Crippen LogP contribution in [-0.2, 0) is 0 Å². The second kappa shape index (κ2) is 2.65. The molecule has 2 aromatic heterocycles. The Labute approximate surface area is 68.3 Å². The maximum absolute atomic E-state index is 3.99. The van der Waals surface area contributed by atoms with Crippen LogP contribution in [0.5, 0.6) is 0 Å². The van der Waals surface area contributed by atoms with Crippen LogP contribution in [0.15, 0.2) is 18.5 Å².